The standard InChI is InChI=1S/C19H26N4O2/c1-23(12-14-5-4-8-20-10-14)13-15-11-21-22-19(15)17-7-6-16(24-2)9-18(17)25-3/h4-10,15,19,21-22H,11-13H2,1-3H3. The summed E-state index contributed by atoms with van der Waals surface area (Å²) in [6.45, 7) is 2.77. The number of hydrogen-bond acceptors (Lipinski definition) is 6. The number of hydrazine groups is 1. The molecule has 3 rings (SSSR count). The molecule has 0 radical (unpaired) electrons. The Kier molecular flexibility index (Phi) is 5.86. The van der Waals surface area contributed by atoms with E-state index >= 15 is 0 Å². The maximum atomic E-state index is 5.58. The van der Waals surface area contributed by atoms with E-state index in [1.807, 2.05) is 24.4 Å². The van der Waals surface area contributed by atoms with E-state index in [1.165, 1.54) is 5.56 Å². The molecule has 1 saturated heterocycles. The molecule has 25 heavy (non-hydrogen) atoms. The van der Waals surface area contributed by atoms with Crippen LogP contribution >= 0.6 is 0 Å². The van der Waals surface area contributed by atoms with Crippen LogP contribution in [0.1, 0.15) is 17.2 Å². The van der Waals surface area contributed by atoms with Gasteiger partial charge in [-0.05, 0) is 24.7 Å². The summed E-state index contributed by atoms with van der Waals surface area (Å²) in [6.07, 6.45) is 3.73. The average molecular weight is 342 g/mol. The van der Waals surface area contributed by atoms with Gasteiger partial charge >= 0.3 is 0 Å². The summed E-state index contributed by atoms with van der Waals surface area (Å²) in [6, 6.07) is 10.3. The molecule has 2 aromatic rings. The topological polar surface area (TPSA) is 58.7 Å². The maximum Gasteiger partial charge on any atom is 0.127 e. The highest BCUT2D eigenvalue weighted by molar-refractivity contribution is 5.43. The fourth-order valence-corrected chi connectivity index (χ4v) is 3.38. The van der Waals surface area contributed by atoms with Crippen molar-refractivity contribution in [3.8, 4) is 11.5 Å². The third kappa shape index (κ3) is 4.28. The van der Waals surface area contributed by atoms with E-state index < -0.39 is 0 Å². The molecule has 6 nitrogen and oxygen atoms in total. The van der Waals surface area contributed by atoms with E-state index in [0.717, 1.165) is 36.7 Å². The van der Waals surface area contributed by atoms with E-state index in [9.17, 15) is 0 Å². The lowest BCUT2D eigenvalue weighted by atomic mass is 9.93. The first-order chi connectivity index (χ1) is 12.2. The molecule has 0 spiro atoms. The third-order valence-corrected chi connectivity index (χ3v) is 4.59. The van der Waals surface area contributed by atoms with Crippen LogP contribution in [0.3, 0.4) is 0 Å². The number of ether oxygens (including phenoxy) is 2. The summed E-state index contributed by atoms with van der Waals surface area (Å²) in [4.78, 5) is 6.52. The van der Waals surface area contributed by atoms with Gasteiger partial charge in [-0.3, -0.25) is 10.4 Å². The lowest BCUT2D eigenvalue weighted by Crippen LogP contribution is -2.30. The first-order valence-electron chi connectivity index (χ1n) is 8.49. The SMILES string of the molecule is COc1ccc(C2NNCC2CN(C)Cc2cccnc2)c(OC)c1. The van der Waals surface area contributed by atoms with Crippen LogP contribution in [0.15, 0.2) is 42.7 Å². The van der Waals surface area contributed by atoms with Gasteiger partial charge in [-0.15, -0.1) is 0 Å². The van der Waals surface area contributed by atoms with Crippen molar-refractivity contribution in [1.29, 1.82) is 0 Å². The number of pyridine rings is 1. The maximum absolute atomic E-state index is 5.58. The van der Waals surface area contributed by atoms with E-state index in [1.54, 1.807) is 20.4 Å². The van der Waals surface area contributed by atoms with Crippen LogP contribution in [0.25, 0.3) is 0 Å². The molecule has 6 heteroatoms. The normalized spacial score (nSPS) is 20.0. The predicted molar refractivity (Wildman–Crippen MR) is 97.5 cm³/mol. The Morgan fingerprint density at radius 2 is 2.12 bits per heavy atom. The molecule has 1 aliphatic rings. The van der Waals surface area contributed by atoms with Crippen LogP contribution in [0.4, 0.5) is 0 Å². The summed E-state index contributed by atoms with van der Waals surface area (Å²) < 4.78 is 10.9. The van der Waals surface area contributed by atoms with Crippen LogP contribution in [-0.2, 0) is 6.54 Å². The van der Waals surface area contributed by atoms with Gasteiger partial charge in [0.25, 0.3) is 0 Å². The molecule has 1 aromatic heterocycles. The van der Waals surface area contributed by atoms with Gasteiger partial charge in [0.05, 0.1) is 20.3 Å². The van der Waals surface area contributed by atoms with E-state index in [-0.39, 0.29) is 6.04 Å². The molecule has 0 bridgehead atoms. The van der Waals surface area contributed by atoms with Gasteiger partial charge in [0, 0.05) is 49.6 Å². The van der Waals surface area contributed by atoms with Gasteiger partial charge in [-0.25, -0.2) is 5.43 Å². The monoisotopic (exact) mass is 342 g/mol. The second-order valence-corrected chi connectivity index (χ2v) is 6.43. The zero-order valence-corrected chi connectivity index (χ0v) is 15.0. The van der Waals surface area contributed by atoms with Crippen LogP contribution in [0.2, 0.25) is 0 Å². The second kappa shape index (κ2) is 8.29. The lowest BCUT2D eigenvalue weighted by molar-refractivity contribution is 0.260. The molecule has 1 aliphatic heterocycles. The van der Waals surface area contributed by atoms with Crippen molar-refractivity contribution in [2.24, 2.45) is 5.92 Å². The van der Waals surface area contributed by atoms with Crippen LogP contribution < -0.4 is 20.3 Å². The predicted octanol–water partition coefficient (Wildman–Crippen LogP) is 2.00. The van der Waals surface area contributed by atoms with Gasteiger partial charge in [0.1, 0.15) is 11.5 Å². The van der Waals surface area contributed by atoms with Crippen LogP contribution in [-0.4, -0.2) is 44.2 Å². The van der Waals surface area contributed by atoms with Crippen LogP contribution in [0, 0.1) is 5.92 Å². The number of methoxy groups -OCH3 is 2. The van der Waals surface area contributed by atoms with E-state index in [2.05, 4.69) is 39.9 Å². The molecular formula is C19H26N4O2. The van der Waals surface area contributed by atoms with Crippen molar-refractivity contribution < 1.29 is 9.47 Å². The van der Waals surface area contributed by atoms with Crippen molar-refractivity contribution in [2.75, 3.05) is 34.4 Å². The Labute approximate surface area is 149 Å². The Morgan fingerprint density at radius 1 is 1.24 bits per heavy atom. The minimum absolute atomic E-state index is 0.192. The van der Waals surface area contributed by atoms with Gasteiger partial charge in [0.2, 0.25) is 0 Å². The van der Waals surface area contributed by atoms with Crippen molar-refractivity contribution in [3.05, 3.63) is 53.9 Å². The summed E-state index contributed by atoms with van der Waals surface area (Å²) in [5.74, 6) is 2.08. The van der Waals surface area contributed by atoms with Gasteiger partial charge in [-0.1, -0.05) is 12.1 Å². The molecule has 1 aromatic carbocycles. The summed E-state index contributed by atoms with van der Waals surface area (Å²) >= 11 is 0. The Hall–Kier alpha value is -2.15. The van der Waals surface area contributed by atoms with Crippen molar-refractivity contribution in [1.82, 2.24) is 20.7 Å². The molecule has 0 aliphatic carbocycles. The van der Waals surface area contributed by atoms with Crippen molar-refractivity contribution >= 4 is 0 Å². The summed E-state index contributed by atoms with van der Waals surface area (Å²) in [5.41, 5.74) is 9.06. The summed E-state index contributed by atoms with van der Waals surface area (Å²) in [7, 11) is 5.51. The molecule has 2 N–H and O–H groups in total. The molecular weight excluding hydrogens is 316 g/mol. The molecule has 0 amide bonds. The Morgan fingerprint density at radius 3 is 2.84 bits per heavy atom. The molecule has 2 heterocycles. The number of nitrogens with zero attached hydrogens (tertiary/aromatic N) is 2. The molecule has 0 saturated carbocycles. The van der Waals surface area contributed by atoms with E-state index in [4.69, 9.17) is 9.47 Å². The quantitative estimate of drug-likeness (QED) is 0.803. The minimum Gasteiger partial charge on any atom is -0.497 e. The smallest absolute Gasteiger partial charge is 0.127 e. The minimum atomic E-state index is 0.192. The lowest BCUT2D eigenvalue weighted by Gasteiger charge is -2.26. The van der Waals surface area contributed by atoms with Gasteiger partial charge in [0.15, 0.2) is 0 Å². The number of benzene rings is 1. The first kappa shape index (κ1) is 17.7. The molecule has 2 unspecified atom stereocenters. The third-order valence-electron chi connectivity index (χ3n) is 4.59. The molecule has 2 atom stereocenters. The van der Waals surface area contributed by atoms with Gasteiger partial charge < -0.3 is 14.4 Å². The zero-order chi connectivity index (χ0) is 17.6. The number of rotatable bonds is 7. The fourth-order valence-electron chi connectivity index (χ4n) is 3.38. The zero-order valence-electron chi connectivity index (χ0n) is 15.0. The number of nitrogens with one attached hydrogen (secondary N) is 2. The summed E-state index contributed by atoms with van der Waals surface area (Å²) in [5, 5.41) is 0. The Balaban J connectivity index is 1.70. The number of hydrogen-bond donors (Lipinski definition) is 2. The highest BCUT2D eigenvalue weighted by atomic mass is 16.5. The largest absolute Gasteiger partial charge is 0.497 e. The number of aromatic nitrogens is 1. The highest BCUT2D eigenvalue weighted by Crippen LogP contribution is 2.34. The van der Waals surface area contributed by atoms with Crippen molar-refractivity contribution in [2.45, 2.75) is 12.6 Å². The second-order valence-electron chi connectivity index (χ2n) is 6.43. The molecule has 134 valence electrons. The average Bonchev–Trinajstić information content (AvgIpc) is 3.09. The van der Waals surface area contributed by atoms with Gasteiger partial charge in [-0.2, -0.15) is 0 Å². The molecule has 1 fully saturated rings. The van der Waals surface area contributed by atoms with E-state index in [0.29, 0.717) is 5.92 Å². The fraction of sp³-hybridized carbons (Fsp3) is 0.421. The highest BCUT2D eigenvalue weighted by Gasteiger charge is 2.31. The van der Waals surface area contributed by atoms with Crippen molar-refractivity contribution in [3.63, 3.8) is 0 Å². The van der Waals surface area contributed by atoms with Crippen LogP contribution in [0.5, 0.6) is 11.5 Å². The first-order valence-corrected chi connectivity index (χ1v) is 8.49. The Bertz CT molecular complexity index is 680.